The molecule has 0 aliphatic heterocycles. The average molecular weight is 240 g/mol. The molecule has 0 spiro atoms. The Bertz CT molecular complexity index is 274. The first-order valence-electron chi connectivity index (χ1n) is 4.26. The molecule has 1 aromatic carbocycles. The maximum atomic E-state index is 12.0. The molecule has 1 rings (SSSR count). The highest BCUT2D eigenvalue weighted by molar-refractivity contribution is 5.85. The fourth-order valence-corrected chi connectivity index (χ4v) is 1.26. The quantitative estimate of drug-likeness (QED) is 0.784. The van der Waals surface area contributed by atoms with Crippen molar-refractivity contribution in [1.82, 2.24) is 4.90 Å². The summed E-state index contributed by atoms with van der Waals surface area (Å²) >= 11 is 0. The first-order valence-corrected chi connectivity index (χ1v) is 4.26. The van der Waals surface area contributed by atoms with E-state index in [1.54, 1.807) is 0 Å². The summed E-state index contributed by atoms with van der Waals surface area (Å²) in [5.41, 5.74) is 0.888. The number of rotatable bonds is 3. The Kier molecular flexibility index (Phi) is 5.68. The molecule has 0 fully saturated rings. The highest BCUT2D eigenvalue weighted by atomic mass is 35.5. The third-order valence-electron chi connectivity index (χ3n) is 1.74. The smallest absolute Gasteiger partial charge is 0.294 e. The van der Waals surface area contributed by atoms with Crippen LogP contribution in [0.15, 0.2) is 30.3 Å². The minimum atomic E-state index is -4.12. The van der Waals surface area contributed by atoms with Crippen LogP contribution in [0.2, 0.25) is 0 Å². The van der Waals surface area contributed by atoms with Gasteiger partial charge in [-0.25, -0.2) is 0 Å². The molecule has 0 unspecified atom stereocenters. The number of hydrogen-bond donors (Lipinski definition) is 0. The normalized spacial score (nSPS) is 11.3. The lowest BCUT2D eigenvalue weighted by atomic mass is 10.2. The van der Waals surface area contributed by atoms with E-state index < -0.39 is 12.7 Å². The van der Waals surface area contributed by atoms with Crippen molar-refractivity contribution in [2.75, 3.05) is 13.6 Å². The summed E-state index contributed by atoms with van der Waals surface area (Å²) in [5.74, 6) is 0. The van der Waals surface area contributed by atoms with Gasteiger partial charge in [0, 0.05) is 6.54 Å². The highest BCUT2D eigenvalue weighted by Crippen LogP contribution is 2.16. The summed E-state index contributed by atoms with van der Waals surface area (Å²) in [6.07, 6.45) is -4.12. The van der Waals surface area contributed by atoms with Crippen molar-refractivity contribution in [3.8, 4) is 0 Å². The molecule has 0 aliphatic carbocycles. The van der Waals surface area contributed by atoms with Gasteiger partial charge in [-0.2, -0.15) is 13.2 Å². The number of alkyl halides is 3. The van der Waals surface area contributed by atoms with Crippen LogP contribution in [0.1, 0.15) is 5.56 Å². The highest BCUT2D eigenvalue weighted by Gasteiger charge is 2.28. The Morgan fingerprint density at radius 3 is 2.13 bits per heavy atom. The maximum Gasteiger partial charge on any atom is 0.401 e. The molecule has 86 valence electrons. The van der Waals surface area contributed by atoms with Gasteiger partial charge in [-0.15, -0.1) is 12.4 Å². The van der Waals surface area contributed by atoms with Gasteiger partial charge in [0.2, 0.25) is 0 Å². The van der Waals surface area contributed by atoms with Crippen LogP contribution in [-0.2, 0) is 6.54 Å². The van der Waals surface area contributed by atoms with E-state index in [0.717, 1.165) is 5.56 Å². The number of nitrogens with zero attached hydrogens (tertiary/aromatic N) is 1. The van der Waals surface area contributed by atoms with Crippen molar-refractivity contribution in [3.05, 3.63) is 35.9 Å². The predicted molar refractivity (Wildman–Crippen MR) is 56.1 cm³/mol. The molecular formula is C10H13ClF3N. The van der Waals surface area contributed by atoms with Crippen molar-refractivity contribution in [2.45, 2.75) is 12.7 Å². The van der Waals surface area contributed by atoms with E-state index in [1.807, 2.05) is 30.3 Å². The number of hydrogen-bond acceptors (Lipinski definition) is 1. The van der Waals surface area contributed by atoms with E-state index in [0.29, 0.717) is 6.54 Å². The molecule has 1 nitrogen and oxygen atoms in total. The Morgan fingerprint density at radius 1 is 1.13 bits per heavy atom. The average Bonchev–Trinajstić information content (AvgIpc) is 2.02. The van der Waals surface area contributed by atoms with Crippen LogP contribution in [0.25, 0.3) is 0 Å². The topological polar surface area (TPSA) is 3.24 Å². The molecule has 0 atom stereocenters. The van der Waals surface area contributed by atoms with E-state index in [1.165, 1.54) is 11.9 Å². The van der Waals surface area contributed by atoms with Crippen molar-refractivity contribution < 1.29 is 13.2 Å². The Hall–Kier alpha value is -0.740. The molecule has 0 heterocycles. The second kappa shape index (κ2) is 5.98. The predicted octanol–water partition coefficient (Wildman–Crippen LogP) is 3.10. The second-order valence-electron chi connectivity index (χ2n) is 3.27. The summed E-state index contributed by atoms with van der Waals surface area (Å²) in [4.78, 5) is 1.25. The first kappa shape index (κ1) is 14.3. The molecule has 0 radical (unpaired) electrons. The molecule has 1 aromatic rings. The van der Waals surface area contributed by atoms with Gasteiger partial charge in [-0.1, -0.05) is 30.3 Å². The monoisotopic (exact) mass is 239 g/mol. The van der Waals surface area contributed by atoms with E-state index >= 15 is 0 Å². The van der Waals surface area contributed by atoms with Gasteiger partial charge in [-0.3, -0.25) is 4.90 Å². The van der Waals surface area contributed by atoms with Gasteiger partial charge in [0.15, 0.2) is 0 Å². The van der Waals surface area contributed by atoms with E-state index in [2.05, 4.69) is 0 Å². The third-order valence-corrected chi connectivity index (χ3v) is 1.74. The zero-order chi connectivity index (χ0) is 10.6. The van der Waals surface area contributed by atoms with E-state index in [-0.39, 0.29) is 12.4 Å². The summed E-state index contributed by atoms with van der Waals surface area (Å²) in [5, 5.41) is 0. The summed E-state index contributed by atoms with van der Waals surface area (Å²) in [6.45, 7) is -0.553. The molecule has 0 N–H and O–H groups in total. The zero-order valence-corrected chi connectivity index (χ0v) is 9.11. The molecule has 15 heavy (non-hydrogen) atoms. The Labute approximate surface area is 93.3 Å². The van der Waals surface area contributed by atoms with Crippen LogP contribution in [-0.4, -0.2) is 24.7 Å². The summed E-state index contributed by atoms with van der Waals surface area (Å²) in [6, 6.07) is 9.10. The number of halogens is 4. The standard InChI is InChI=1S/C10H12F3N.ClH/c1-14(8-10(11,12)13)7-9-5-3-2-4-6-9;/h2-6H,7-8H2,1H3;1H. The Morgan fingerprint density at radius 2 is 1.67 bits per heavy atom. The van der Waals surface area contributed by atoms with Crippen molar-refractivity contribution in [1.29, 1.82) is 0 Å². The van der Waals surface area contributed by atoms with Crippen LogP contribution in [0.4, 0.5) is 13.2 Å². The lowest BCUT2D eigenvalue weighted by Gasteiger charge is -2.18. The fraction of sp³-hybridized carbons (Fsp3) is 0.400. The van der Waals surface area contributed by atoms with Crippen molar-refractivity contribution >= 4 is 12.4 Å². The zero-order valence-electron chi connectivity index (χ0n) is 8.29. The van der Waals surface area contributed by atoms with Gasteiger partial charge >= 0.3 is 6.18 Å². The molecule has 0 saturated heterocycles. The van der Waals surface area contributed by atoms with Crippen molar-refractivity contribution in [3.63, 3.8) is 0 Å². The first-order chi connectivity index (χ1) is 6.47. The largest absolute Gasteiger partial charge is 0.401 e. The van der Waals surface area contributed by atoms with Gasteiger partial charge < -0.3 is 0 Å². The molecule has 5 heteroatoms. The molecule has 0 amide bonds. The Balaban J connectivity index is 0.00000196. The molecule has 0 saturated carbocycles. The fourth-order valence-electron chi connectivity index (χ4n) is 1.26. The second-order valence-corrected chi connectivity index (χ2v) is 3.27. The molecule has 0 aromatic heterocycles. The molecule has 0 bridgehead atoms. The lowest BCUT2D eigenvalue weighted by Crippen LogP contribution is -2.30. The van der Waals surface area contributed by atoms with Crippen LogP contribution >= 0.6 is 12.4 Å². The van der Waals surface area contributed by atoms with Gasteiger partial charge in [0.1, 0.15) is 0 Å². The van der Waals surface area contributed by atoms with Crippen molar-refractivity contribution in [2.24, 2.45) is 0 Å². The van der Waals surface area contributed by atoms with Crippen LogP contribution in [0, 0.1) is 0 Å². The van der Waals surface area contributed by atoms with Gasteiger partial charge in [-0.05, 0) is 12.6 Å². The lowest BCUT2D eigenvalue weighted by molar-refractivity contribution is -0.144. The number of benzene rings is 1. The van der Waals surface area contributed by atoms with E-state index in [9.17, 15) is 13.2 Å². The minimum Gasteiger partial charge on any atom is -0.294 e. The SMILES string of the molecule is CN(Cc1ccccc1)CC(F)(F)F.Cl. The third kappa shape index (κ3) is 6.36. The van der Waals surface area contributed by atoms with Crippen LogP contribution < -0.4 is 0 Å². The minimum absolute atomic E-state index is 0. The molecule has 0 aliphatic rings. The molecular weight excluding hydrogens is 227 g/mol. The van der Waals surface area contributed by atoms with Gasteiger partial charge in [0.05, 0.1) is 6.54 Å². The summed E-state index contributed by atoms with van der Waals surface area (Å²) in [7, 11) is 1.46. The van der Waals surface area contributed by atoms with E-state index in [4.69, 9.17) is 0 Å². The summed E-state index contributed by atoms with van der Waals surface area (Å²) < 4.78 is 35.9. The van der Waals surface area contributed by atoms with Crippen LogP contribution in [0.3, 0.4) is 0 Å². The van der Waals surface area contributed by atoms with Gasteiger partial charge in [0.25, 0.3) is 0 Å². The van der Waals surface area contributed by atoms with Crippen LogP contribution in [0.5, 0.6) is 0 Å². The maximum absolute atomic E-state index is 12.0.